The lowest BCUT2D eigenvalue weighted by Crippen LogP contribution is -2.30. The molecular formula is C24H20ClN5S. The highest BCUT2D eigenvalue weighted by atomic mass is 35.5. The first-order valence-corrected chi connectivity index (χ1v) is 10.8. The number of hydrogen-bond acceptors (Lipinski definition) is 3. The molecule has 0 unspecified atom stereocenters. The van der Waals surface area contributed by atoms with Gasteiger partial charge in [-0.25, -0.2) is 4.98 Å². The number of aryl methyl sites for hydroxylation is 1. The van der Waals surface area contributed by atoms with Crippen LogP contribution in [0.4, 0.5) is 5.69 Å². The zero-order chi connectivity index (χ0) is 21.4. The summed E-state index contributed by atoms with van der Waals surface area (Å²) in [5.74, 6) is 0.797. The van der Waals surface area contributed by atoms with Crippen molar-refractivity contribution < 1.29 is 0 Å². The second-order valence-corrected chi connectivity index (χ2v) is 8.30. The van der Waals surface area contributed by atoms with Crippen molar-refractivity contribution >= 4 is 34.6 Å². The summed E-state index contributed by atoms with van der Waals surface area (Å²) >= 11 is 11.9. The zero-order valence-corrected chi connectivity index (χ0v) is 18.4. The molecule has 4 aromatic rings. The van der Waals surface area contributed by atoms with Crippen molar-refractivity contribution in [1.29, 1.82) is 0 Å². The molecule has 154 valence electrons. The highest BCUT2D eigenvalue weighted by molar-refractivity contribution is 7.80. The van der Waals surface area contributed by atoms with Crippen LogP contribution in [-0.2, 0) is 0 Å². The van der Waals surface area contributed by atoms with Crippen LogP contribution < -0.4 is 10.2 Å². The van der Waals surface area contributed by atoms with Crippen LogP contribution in [0.25, 0.3) is 5.82 Å². The van der Waals surface area contributed by atoms with Gasteiger partial charge in [0, 0.05) is 30.0 Å². The third kappa shape index (κ3) is 3.69. The minimum absolute atomic E-state index is 0.114. The number of nitrogens with zero attached hydrogens (tertiary/aromatic N) is 4. The molecule has 1 aliphatic heterocycles. The zero-order valence-electron chi connectivity index (χ0n) is 16.8. The number of anilines is 1. The second-order valence-electron chi connectivity index (χ2n) is 7.47. The Kier molecular flexibility index (Phi) is 5.18. The molecule has 1 aromatic carbocycles. The van der Waals surface area contributed by atoms with Crippen LogP contribution >= 0.6 is 23.8 Å². The summed E-state index contributed by atoms with van der Waals surface area (Å²) in [6.45, 7) is 2.08. The molecule has 5 rings (SSSR count). The topological polar surface area (TPSA) is 46.0 Å². The smallest absolute Gasteiger partial charge is 0.174 e. The van der Waals surface area contributed by atoms with Gasteiger partial charge in [-0.2, -0.15) is 0 Å². The number of pyridine rings is 2. The maximum Gasteiger partial charge on any atom is 0.174 e. The number of thiocarbonyl (C=S) groups is 1. The predicted molar refractivity (Wildman–Crippen MR) is 128 cm³/mol. The van der Waals surface area contributed by atoms with Gasteiger partial charge in [0.05, 0.1) is 16.8 Å². The van der Waals surface area contributed by atoms with Crippen molar-refractivity contribution in [2.75, 3.05) is 4.90 Å². The maximum atomic E-state index is 6.06. The van der Waals surface area contributed by atoms with E-state index in [2.05, 4.69) is 62.0 Å². The summed E-state index contributed by atoms with van der Waals surface area (Å²) in [5.41, 5.74) is 4.20. The van der Waals surface area contributed by atoms with Crippen LogP contribution in [0.1, 0.15) is 29.0 Å². The Balaban J connectivity index is 1.67. The molecule has 1 N–H and O–H groups in total. The normalized spacial score (nSPS) is 18.3. The first kappa shape index (κ1) is 19.7. The Morgan fingerprint density at radius 2 is 1.90 bits per heavy atom. The highest BCUT2D eigenvalue weighted by Gasteiger charge is 2.42. The van der Waals surface area contributed by atoms with E-state index in [1.165, 1.54) is 5.56 Å². The number of aromatic nitrogens is 3. The number of rotatable bonds is 4. The van der Waals surface area contributed by atoms with Crippen molar-refractivity contribution in [3.8, 4) is 5.82 Å². The molecular weight excluding hydrogens is 426 g/mol. The summed E-state index contributed by atoms with van der Waals surface area (Å²) in [6.07, 6.45) is 5.48. The van der Waals surface area contributed by atoms with Gasteiger partial charge in [-0.1, -0.05) is 29.8 Å². The van der Waals surface area contributed by atoms with Crippen molar-refractivity contribution in [2.45, 2.75) is 19.0 Å². The predicted octanol–water partition coefficient (Wildman–Crippen LogP) is 5.41. The average Bonchev–Trinajstić information content (AvgIpc) is 3.39. The van der Waals surface area contributed by atoms with E-state index < -0.39 is 0 Å². The first-order valence-electron chi connectivity index (χ1n) is 9.98. The molecule has 2 atom stereocenters. The number of nitrogens with one attached hydrogen (secondary N) is 1. The number of halogens is 1. The van der Waals surface area contributed by atoms with E-state index in [4.69, 9.17) is 23.8 Å². The molecule has 1 saturated heterocycles. The molecule has 0 bridgehead atoms. The molecule has 1 fully saturated rings. The van der Waals surface area contributed by atoms with Gasteiger partial charge in [0.25, 0.3) is 0 Å². The second kappa shape index (κ2) is 8.13. The third-order valence-corrected chi connectivity index (χ3v) is 5.96. The Morgan fingerprint density at radius 3 is 2.65 bits per heavy atom. The molecule has 0 radical (unpaired) electrons. The van der Waals surface area contributed by atoms with Crippen LogP contribution in [-0.4, -0.2) is 19.6 Å². The van der Waals surface area contributed by atoms with Gasteiger partial charge < -0.3 is 14.8 Å². The Morgan fingerprint density at radius 1 is 1.00 bits per heavy atom. The van der Waals surface area contributed by atoms with E-state index in [0.29, 0.717) is 10.1 Å². The van der Waals surface area contributed by atoms with Gasteiger partial charge in [-0.3, -0.25) is 4.98 Å². The van der Waals surface area contributed by atoms with Crippen LogP contribution in [0, 0.1) is 6.92 Å². The standard InChI is InChI=1S/C24H20ClN5S/c1-16-6-4-7-18(14-16)30-23(22(28-24(30)31)19-8-2-3-12-26-19)20-9-5-13-29(20)21-11-10-17(25)15-27-21/h2-15,22-23H,1H3,(H,28,31)/t22-,23+/m0/s1. The highest BCUT2D eigenvalue weighted by Crippen LogP contribution is 2.42. The van der Waals surface area contributed by atoms with Gasteiger partial charge in [0.15, 0.2) is 5.11 Å². The van der Waals surface area contributed by atoms with Crippen molar-refractivity contribution in [1.82, 2.24) is 19.9 Å². The van der Waals surface area contributed by atoms with Crippen LogP contribution in [0.2, 0.25) is 5.02 Å². The van der Waals surface area contributed by atoms with Crippen LogP contribution in [0.3, 0.4) is 0 Å². The third-order valence-electron chi connectivity index (χ3n) is 5.42. The van der Waals surface area contributed by atoms with Gasteiger partial charge in [-0.05, 0) is 73.2 Å². The largest absolute Gasteiger partial charge is 0.351 e. The quantitative estimate of drug-likeness (QED) is 0.426. The Bertz CT molecular complexity index is 1220. The Hall–Kier alpha value is -3.22. The van der Waals surface area contributed by atoms with Crippen molar-refractivity contribution in [2.24, 2.45) is 0 Å². The fourth-order valence-corrected chi connectivity index (χ4v) is 4.52. The molecule has 0 saturated carbocycles. The van der Waals surface area contributed by atoms with Gasteiger partial charge in [0.2, 0.25) is 0 Å². The van der Waals surface area contributed by atoms with E-state index in [1.807, 2.05) is 48.8 Å². The van der Waals surface area contributed by atoms with Gasteiger partial charge in [0.1, 0.15) is 11.9 Å². The summed E-state index contributed by atoms with van der Waals surface area (Å²) in [6, 6.07) is 22.0. The first-order chi connectivity index (χ1) is 15.1. The fraction of sp³-hybridized carbons (Fsp3) is 0.125. The maximum absolute atomic E-state index is 6.06. The summed E-state index contributed by atoms with van der Waals surface area (Å²) in [5, 5.41) is 4.78. The summed E-state index contributed by atoms with van der Waals surface area (Å²) in [4.78, 5) is 11.3. The molecule has 7 heteroatoms. The minimum atomic E-state index is -0.116. The van der Waals surface area contributed by atoms with E-state index >= 15 is 0 Å². The molecule has 1 aliphatic rings. The SMILES string of the molecule is Cc1cccc(N2C(=S)N[C@@H](c3ccccn3)[C@H]2c2cccn2-c2ccc(Cl)cn2)c1. The molecule has 0 aliphatic carbocycles. The van der Waals surface area contributed by atoms with Gasteiger partial charge in [-0.15, -0.1) is 0 Å². The van der Waals surface area contributed by atoms with Crippen molar-refractivity contribution in [3.05, 3.63) is 107 Å². The molecule has 0 amide bonds. The molecule has 4 heterocycles. The minimum Gasteiger partial charge on any atom is -0.351 e. The van der Waals surface area contributed by atoms with Crippen molar-refractivity contribution in [3.63, 3.8) is 0 Å². The van der Waals surface area contributed by atoms with Crippen LogP contribution in [0.15, 0.2) is 85.3 Å². The molecule has 5 nitrogen and oxygen atoms in total. The lowest BCUT2D eigenvalue weighted by Gasteiger charge is -2.29. The average molecular weight is 446 g/mol. The summed E-state index contributed by atoms with van der Waals surface area (Å²) < 4.78 is 2.08. The van der Waals surface area contributed by atoms with Gasteiger partial charge >= 0.3 is 0 Å². The fourth-order valence-electron chi connectivity index (χ4n) is 4.07. The van der Waals surface area contributed by atoms with E-state index in [0.717, 1.165) is 22.9 Å². The lowest BCUT2D eigenvalue weighted by molar-refractivity contribution is 0.548. The van der Waals surface area contributed by atoms with Crippen LogP contribution in [0.5, 0.6) is 0 Å². The summed E-state index contributed by atoms with van der Waals surface area (Å²) in [7, 11) is 0. The Labute approximate surface area is 191 Å². The number of benzene rings is 1. The lowest BCUT2D eigenvalue weighted by atomic mass is 10.0. The van der Waals surface area contributed by atoms with E-state index in [1.54, 1.807) is 6.20 Å². The molecule has 31 heavy (non-hydrogen) atoms. The number of hydrogen-bond donors (Lipinski definition) is 1. The van der Waals surface area contributed by atoms with E-state index in [9.17, 15) is 0 Å². The monoisotopic (exact) mass is 445 g/mol. The molecule has 0 spiro atoms. The van der Waals surface area contributed by atoms with E-state index in [-0.39, 0.29) is 12.1 Å². The molecule has 3 aromatic heterocycles.